The molecule has 2 N–H and O–H groups in total. The number of carboxylic acids is 1. The number of aliphatic carboxylic acids is 1. The van der Waals surface area contributed by atoms with Gasteiger partial charge in [0.15, 0.2) is 16.3 Å². The second-order valence-corrected chi connectivity index (χ2v) is 6.77. The molecule has 1 unspecified atom stereocenters. The van der Waals surface area contributed by atoms with Crippen LogP contribution in [0.3, 0.4) is 0 Å². The Labute approximate surface area is 142 Å². The minimum Gasteiger partial charge on any atom is -0.480 e. The molecule has 0 aliphatic carbocycles. The first kappa shape index (κ1) is 18.3. The van der Waals surface area contributed by atoms with Gasteiger partial charge in [0.05, 0.1) is 0 Å². The number of aromatic amines is 1. The van der Waals surface area contributed by atoms with Crippen molar-refractivity contribution in [1.82, 2.24) is 19.1 Å². The number of aromatic nitrogens is 4. The summed E-state index contributed by atoms with van der Waals surface area (Å²) in [4.78, 5) is 42.0. The molecule has 0 amide bonds. The number of nitrogens with zero attached hydrogens (tertiary/aromatic N) is 3. The van der Waals surface area contributed by atoms with Crippen molar-refractivity contribution < 1.29 is 9.90 Å². The van der Waals surface area contributed by atoms with Gasteiger partial charge in [-0.05, 0) is 12.8 Å². The van der Waals surface area contributed by atoms with E-state index in [4.69, 9.17) is 0 Å². The molecule has 2 rings (SSSR count). The number of carboxylic acid groups (broad SMARTS) is 1. The van der Waals surface area contributed by atoms with E-state index < -0.39 is 22.5 Å². The van der Waals surface area contributed by atoms with Crippen LogP contribution in [0.5, 0.6) is 0 Å². The molecule has 0 bridgehead atoms. The van der Waals surface area contributed by atoms with E-state index >= 15 is 0 Å². The van der Waals surface area contributed by atoms with E-state index in [9.17, 15) is 19.5 Å². The fourth-order valence-electron chi connectivity index (χ4n) is 2.47. The fraction of sp³-hybridized carbons (Fsp3) is 0.600. The Morgan fingerprint density at radius 2 is 2.04 bits per heavy atom. The summed E-state index contributed by atoms with van der Waals surface area (Å²) < 4.78 is 3.01. The van der Waals surface area contributed by atoms with Crippen LogP contribution in [-0.4, -0.2) is 35.4 Å². The quantitative estimate of drug-likeness (QED) is 0.550. The first-order valence-electron chi connectivity index (χ1n) is 7.99. The molecule has 0 saturated carbocycles. The zero-order valence-corrected chi connectivity index (χ0v) is 14.9. The van der Waals surface area contributed by atoms with Crippen LogP contribution in [0, 0.1) is 0 Å². The monoisotopic (exact) mass is 354 g/mol. The van der Waals surface area contributed by atoms with E-state index in [1.54, 1.807) is 11.5 Å². The van der Waals surface area contributed by atoms with Crippen LogP contribution >= 0.6 is 11.8 Å². The fourth-order valence-corrected chi connectivity index (χ4v) is 3.44. The summed E-state index contributed by atoms with van der Waals surface area (Å²) in [6.45, 7) is 4.43. The number of hydrogen-bond donors (Lipinski definition) is 2. The maximum atomic E-state index is 12.3. The molecule has 0 radical (unpaired) electrons. The van der Waals surface area contributed by atoms with Gasteiger partial charge >= 0.3 is 11.7 Å². The van der Waals surface area contributed by atoms with Crippen LogP contribution in [-0.2, 0) is 18.4 Å². The van der Waals surface area contributed by atoms with Crippen LogP contribution in [0.1, 0.15) is 39.5 Å². The highest BCUT2D eigenvalue weighted by Gasteiger charge is 2.23. The lowest BCUT2D eigenvalue weighted by Gasteiger charge is -2.11. The highest BCUT2D eigenvalue weighted by atomic mass is 32.2. The second-order valence-electron chi connectivity index (χ2n) is 5.60. The number of nitrogens with one attached hydrogen (secondary N) is 1. The average Bonchev–Trinajstić information content (AvgIpc) is 2.89. The normalized spacial score (nSPS) is 12.6. The molecule has 2 aromatic heterocycles. The Morgan fingerprint density at radius 3 is 2.62 bits per heavy atom. The number of rotatable bonds is 8. The molecule has 1 atom stereocenters. The van der Waals surface area contributed by atoms with Gasteiger partial charge < -0.3 is 9.67 Å². The molecule has 0 saturated heterocycles. The largest absolute Gasteiger partial charge is 0.480 e. The van der Waals surface area contributed by atoms with Crippen LogP contribution in [0.15, 0.2) is 14.7 Å². The lowest BCUT2D eigenvalue weighted by atomic mass is 10.2. The van der Waals surface area contributed by atoms with Gasteiger partial charge in [0.25, 0.3) is 5.56 Å². The first-order chi connectivity index (χ1) is 11.4. The van der Waals surface area contributed by atoms with Crippen LogP contribution < -0.4 is 11.2 Å². The topological polar surface area (TPSA) is 110 Å². The molecule has 0 aliphatic rings. The van der Waals surface area contributed by atoms with Gasteiger partial charge in [0.2, 0.25) is 0 Å². The van der Waals surface area contributed by atoms with E-state index in [0.29, 0.717) is 23.6 Å². The molecular weight excluding hydrogens is 332 g/mol. The number of fused-ring (bicyclic) bond motifs is 1. The van der Waals surface area contributed by atoms with Crippen molar-refractivity contribution in [2.24, 2.45) is 7.05 Å². The van der Waals surface area contributed by atoms with Crippen molar-refractivity contribution in [2.45, 2.75) is 56.5 Å². The van der Waals surface area contributed by atoms with Gasteiger partial charge in [0, 0.05) is 13.6 Å². The third-order valence-electron chi connectivity index (χ3n) is 3.85. The predicted octanol–water partition coefficient (Wildman–Crippen LogP) is 1.57. The number of unbranched alkanes of at least 4 members (excludes halogenated alkanes) is 2. The zero-order valence-electron chi connectivity index (χ0n) is 14.0. The minimum absolute atomic E-state index is 0.281. The van der Waals surface area contributed by atoms with E-state index in [0.717, 1.165) is 31.0 Å². The van der Waals surface area contributed by atoms with Crippen LogP contribution in [0.2, 0.25) is 0 Å². The number of carbonyl (C=O) groups is 1. The second kappa shape index (κ2) is 7.69. The number of H-pyrrole nitrogens is 1. The van der Waals surface area contributed by atoms with Gasteiger partial charge in [-0.2, -0.15) is 0 Å². The molecule has 9 heteroatoms. The highest BCUT2D eigenvalue weighted by molar-refractivity contribution is 8.00. The van der Waals surface area contributed by atoms with Crippen molar-refractivity contribution in [3.8, 4) is 0 Å². The molecular formula is C15H22N4O4S. The van der Waals surface area contributed by atoms with Crippen molar-refractivity contribution in [1.29, 1.82) is 0 Å². The van der Waals surface area contributed by atoms with E-state index in [-0.39, 0.29) is 5.65 Å². The van der Waals surface area contributed by atoms with Crippen molar-refractivity contribution in [3.63, 3.8) is 0 Å². The molecule has 0 spiro atoms. The number of imidazole rings is 1. The van der Waals surface area contributed by atoms with Gasteiger partial charge in [-0.3, -0.25) is 19.1 Å². The molecule has 132 valence electrons. The van der Waals surface area contributed by atoms with Crippen LogP contribution in [0.4, 0.5) is 0 Å². The summed E-state index contributed by atoms with van der Waals surface area (Å²) in [5, 5.41) is 9.10. The Kier molecular flexibility index (Phi) is 5.87. The van der Waals surface area contributed by atoms with E-state index in [2.05, 4.69) is 16.9 Å². The van der Waals surface area contributed by atoms with Gasteiger partial charge in [-0.15, -0.1) is 0 Å². The molecule has 2 heterocycles. The van der Waals surface area contributed by atoms with Gasteiger partial charge in [-0.25, -0.2) is 9.78 Å². The minimum atomic E-state index is -0.919. The number of hydrogen-bond acceptors (Lipinski definition) is 5. The summed E-state index contributed by atoms with van der Waals surface area (Å²) >= 11 is 1.11. The summed E-state index contributed by atoms with van der Waals surface area (Å²) in [5.41, 5.74) is -0.432. The van der Waals surface area contributed by atoms with E-state index in [1.807, 2.05) is 0 Å². The maximum Gasteiger partial charge on any atom is 0.329 e. The standard InChI is InChI=1S/C15H22N4O4S/c1-4-6-7-8-19-10-11(18(3)14(23)17-12(10)20)16-15(19)24-9(5-2)13(21)22/h9H,4-8H2,1-3H3,(H,21,22)(H,17,20,23). The Bertz CT molecular complexity index is 852. The van der Waals surface area contributed by atoms with Crippen molar-refractivity contribution >= 4 is 28.9 Å². The van der Waals surface area contributed by atoms with Crippen molar-refractivity contribution in [2.75, 3.05) is 0 Å². The maximum absolute atomic E-state index is 12.3. The summed E-state index contributed by atoms with van der Waals surface area (Å²) in [5.74, 6) is -0.919. The number of aryl methyl sites for hydroxylation is 2. The first-order valence-corrected chi connectivity index (χ1v) is 8.87. The predicted molar refractivity (Wildman–Crippen MR) is 92.7 cm³/mol. The number of thioether (sulfide) groups is 1. The lowest BCUT2D eigenvalue weighted by molar-refractivity contribution is -0.136. The third-order valence-corrected chi connectivity index (χ3v) is 5.19. The molecule has 8 nitrogen and oxygen atoms in total. The SMILES string of the molecule is CCCCCn1c(SC(CC)C(=O)O)nc2c1c(=O)[nH]c(=O)n2C. The Hall–Kier alpha value is -2.03. The molecule has 0 aromatic carbocycles. The Balaban J connectivity index is 2.59. The summed E-state index contributed by atoms with van der Waals surface area (Å²) in [7, 11) is 1.53. The smallest absolute Gasteiger partial charge is 0.329 e. The van der Waals surface area contributed by atoms with E-state index in [1.165, 1.54) is 11.6 Å². The summed E-state index contributed by atoms with van der Waals surface area (Å²) in [6, 6.07) is 0. The summed E-state index contributed by atoms with van der Waals surface area (Å²) in [6.07, 6.45) is 3.30. The molecule has 0 fully saturated rings. The van der Waals surface area contributed by atoms with Crippen LogP contribution in [0.25, 0.3) is 11.2 Å². The molecule has 0 aliphatic heterocycles. The van der Waals surface area contributed by atoms with Crippen molar-refractivity contribution in [3.05, 3.63) is 20.8 Å². The highest BCUT2D eigenvalue weighted by Crippen LogP contribution is 2.27. The zero-order chi connectivity index (χ0) is 17.9. The molecule has 24 heavy (non-hydrogen) atoms. The van der Waals surface area contributed by atoms with Gasteiger partial charge in [0.1, 0.15) is 5.25 Å². The molecule has 2 aromatic rings. The third kappa shape index (κ3) is 3.55. The average molecular weight is 354 g/mol. The lowest BCUT2D eigenvalue weighted by Crippen LogP contribution is -2.29. The van der Waals surface area contributed by atoms with Gasteiger partial charge in [-0.1, -0.05) is 38.5 Å². The Morgan fingerprint density at radius 1 is 1.33 bits per heavy atom.